The average Bonchev–Trinajstić information content (AvgIpc) is 1.52. The highest BCUT2D eigenvalue weighted by Gasteiger charge is 2.54. The van der Waals surface area contributed by atoms with Gasteiger partial charge < -0.3 is 77.2 Å². The molecule has 3 aliphatic rings. The number of rotatable bonds is 35. The molecule has 8 bridgehead atoms. The first-order valence-electron chi connectivity index (χ1n) is 31.7. The van der Waals surface area contributed by atoms with E-state index < -0.39 is 114 Å². The lowest BCUT2D eigenvalue weighted by molar-refractivity contribution is -0.459. The van der Waals surface area contributed by atoms with Gasteiger partial charge in [0.2, 0.25) is 29.5 Å². The third-order valence-corrected chi connectivity index (χ3v) is 19.2. The number of carboxylic acid groups (broad SMARTS) is 2. The van der Waals surface area contributed by atoms with E-state index in [2.05, 4.69) is 53.1 Å². The summed E-state index contributed by atoms with van der Waals surface area (Å²) in [6.07, 6.45) is 4.58. The zero-order chi connectivity index (χ0) is 73.7. The Morgan fingerprint density at radius 3 is 2.05 bits per heavy atom. The van der Waals surface area contributed by atoms with Gasteiger partial charge >= 0.3 is 41.8 Å². The molecule has 0 aromatic carbocycles. The number of nitrogens with zero attached hydrogens (tertiary/aromatic N) is 3. The number of H-pyrrole nitrogens is 2. The van der Waals surface area contributed by atoms with Crippen LogP contribution in [0.5, 0.6) is 0 Å². The minimum Gasteiger partial charge on any atom is -0.481 e. The quantitative estimate of drug-likeness (QED) is 0.00945. The summed E-state index contributed by atoms with van der Waals surface area (Å²) in [6.45, 7) is 12.2. The summed E-state index contributed by atoms with van der Waals surface area (Å²) in [4.78, 5) is 167. The highest BCUT2D eigenvalue weighted by Crippen LogP contribution is 2.52. The maximum Gasteiger partial charge on any atom is 0.338 e. The molecule has 538 valence electrons. The molecule has 32 nitrogen and oxygen atoms in total. The molecule has 6 rings (SSSR count). The van der Waals surface area contributed by atoms with Gasteiger partial charge in [0.1, 0.15) is 36.7 Å². The van der Waals surface area contributed by atoms with Crippen molar-refractivity contribution in [2.24, 2.45) is 33.8 Å². The summed E-state index contributed by atoms with van der Waals surface area (Å²) in [5.41, 5.74) is 30.3. The highest BCUT2D eigenvalue weighted by molar-refractivity contribution is 8.76. The standard InChI is InChI=1S/C66H85N15O17S2/c1-10-36-32(2)44-26-49-40-18-15-39(62(93)96-8)57(63(94)97-9)66(40,6)52(78-49)28-45-34(4)37(16-19-55(86)95-7)48(77-45)27-47-38(33(3)43(76-47)25-46(36)75-44)17-20-56(87)98-23-24-99-100-31-51(74-35(5)82)60(90)80-41(13-11-21-71-64(67)68)58(88)73-30-53(83)79-50(29-54(84)85)59(89)81-42(61(91)92)14-12-22-72-65(69)70/h10,15,18,25-28,41-42,50-51,57,75,77H,1,11-14,16-17,19-24,29-31H2,2-9H3,(H,73,88)(H,74,82)(H,79,83)(H,80,90)(H,81,89)(H,84,85)(H,91,92)(H4,67,68,71)(H4,69,70,72)/p+1. The second kappa shape index (κ2) is 36.4. The van der Waals surface area contributed by atoms with Crippen LogP contribution in [0, 0.1) is 19.8 Å². The Balaban J connectivity index is 1.17. The second-order valence-electron chi connectivity index (χ2n) is 23.6. The lowest BCUT2D eigenvalue weighted by Gasteiger charge is -2.36. The van der Waals surface area contributed by atoms with Crippen molar-refractivity contribution in [2.45, 2.75) is 122 Å². The summed E-state index contributed by atoms with van der Waals surface area (Å²) in [7, 11) is 6.18. The number of ether oxygens (including phenoxy) is 4. The third-order valence-electron chi connectivity index (χ3n) is 16.8. The topological polar surface area (TPSA) is 513 Å². The number of nitrogens with two attached hydrogens (primary N) is 4. The SMILES string of the molecule is C=Cc1c(C)c2cc3nc(cc4[nH]c(cc5nc(cc1[nH]2)C(C)=C5CCC(=O)OCCSSCC(NC(C)=O)C(=O)NC(CCCN=C(N)N)C(=O)NCC(=O)NC(CC(=O)O)C(=O)NC(CCC[NH+]=C(N)N)C(=O)O)c(CCC(=O)OC)c4C)C1(C)C3=CC=C(C(=O)OC)C1C(=O)OC. The lowest BCUT2D eigenvalue weighted by Crippen LogP contribution is -2.78. The summed E-state index contributed by atoms with van der Waals surface area (Å²) in [5.74, 6) is -11.1. The van der Waals surface area contributed by atoms with Gasteiger partial charge in [0.15, 0.2) is 5.96 Å². The maximum absolute atomic E-state index is 14.0. The van der Waals surface area contributed by atoms with E-state index in [1.807, 2.05) is 52.0 Å². The van der Waals surface area contributed by atoms with Crippen LogP contribution in [0.3, 0.4) is 0 Å². The summed E-state index contributed by atoms with van der Waals surface area (Å²) in [6, 6.07) is 1.62. The molecule has 6 atom stereocenters. The zero-order valence-corrected chi connectivity index (χ0v) is 58.4. The Labute approximate surface area is 583 Å². The molecule has 0 saturated heterocycles. The van der Waals surface area contributed by atoms with Crippen LogP contribution in [-0.2, 0) is 83.5 Å². The Kier molecular flexibility index (Phi) is 28.5. The molecular weight excluding hydrogens is 1340 g/mol. The van der Waals surface area contributed by atoms with Crippen LogP contribution in [0.2, 0.25) is 0 Å². The number of aliphatic carboxylic acids is 2. The predicted molar refractivity (Wildman–Crippen MR) is 374 cm³/mol. The van der Waals surface area contributed by atoms with E-state index in [1.54, 1.807) is 18.2 Å². The van der Waals surface area contributed by atoms with Gasteiger partial charge in [-0.1, -0.05) is 46.4 Å². The van der Waals surface area contributed by atoms with Crippen molar-refractivity contribution in [1.29, 1.82) is 0 Å². The summed E-state index contributed by atoms with van der Waals surface area (Å²) in [5, 5.41) is 31.0. The number of nitrogens with one attached hydrogen (secondary N) is 8. The number of carboxylic acids is 2. The Bertz CT molecular complexity index is 4040. The minimum atomic E-state index is -1.77. The molecule has 3 aromatic heterocycles. The second-order valence-corrected chi connectivity index (χ2v) is 26.2. The number of aliphatic imine (C=N–C) groups is 1. The number of aromatic amines is 2. The maximum atomic E-state index is 14.0. The molecule has 18 N–H and O–H groups in total. The van der Waals surface area contributed by atoms with Crippen molar-refractivity contribution < 1.29 is 86.9 Å². The molecule has 0 radical (unpaired) electrons. The molecule has 100 heavy (non-hydrogen) atoms. The van der Waals surface area contributed by atoms with Crippen molar-refractivity contribution in [3.8, 4) is 0 Å². The number of hydrogen-bond acceptors (Lipinski definition) is 20. The van der Waals surface area contributed by atoms with E-state index in [0.29, 0.717) is 50.4 Å². The van der Waals surface area contributed by atoms with Gasteiger partial charge in [-0.05, 0) is 124 Å². The first-order valence-corrected chi connectivity index (χ1v) is 34.1. The minimum absolute atomic E-state index is 0.0244. The van der Waals surface area contributed by atoms with Crippen molar-refractivity contribution in [3.63, 3.8) is 0 Å². The molecule has 1 aliphatic carbocycles. The van der Waals surface area contributed by atoms with Crippen LogP contribution >= 0.6 is 21.6 Å². The van der Waals surface area contributed by atoms with Crippen LogP contribution in [0.15, 0.2) is 53.6 Å². The summed E-state index contributed by atoms with van der Waals surface area (Å²) >= 11 is 0. The van der Waals surface area contributed by atoms with Crippen molar-refractivity contribution >= 4 is 144 Å². The zero-order valence-electron chi connectivity index (χ0n) is 56.7. The molecule has 0 fully saturated rings. The number of allylic oxidation sites excluding steroid dienone is 5. The van der Waals surface area contributed by atoms with Gasteiger partial charge in [0.25, 0.3) is 0 Å². The molecule has 5 heterocycles. The first kappa shape index (κ1) is 78.5. The van der Waals surface area contributed by atoms with E-state index in [-0.39, 0.29) is 100 Å². The van der Waals surface area contributed by atoms with Crippen molar-refractivity contribution in [1.82, 2.24) is 46.5 Å². The number of amides is 5. The van der Waals surface area contributed by atoms with E-state index in [9.17, 15) is 63.0 Å². The largest absolute Gasteiger partial charge is 0.481 e. The average molecular weight is 1430 g/mol. The van der Waals surface area contributed by atoms with Crippen LogP contribution in [0.4, 0.5) is 0 Å². The monoisotopic (exact) mass is 1420 g/mol. The Morgan fingerprint density at radius 1 is 0.740 bits per heavy atom. The van der Waals surface area contributed by atoms with Crippen LogP contribution in [0.25, 0.3) is 44.9 Å². The van der Waals surface area contributed by atoms with Gasteiger partial charge in [-0.3, -0.25) is 69.6 Å². The van der Waals surface area contributed by atoms with Gasteiger partial charge in [0, 0.05) is 65.4 Å². The van der Waals surface area contributed by atoms with Gasteiger partial charge in [-0.25, -0.2) is 14.6 Å². The highest BCUT2D eigenvalue weighted by atomic mass is 33.1. The summed E-state index contributed by atoms with van der Waals surface area (Å²) < 4.78 is 21.3. The number of esters is 4. The number of fused-ring (bicyclic) bond motifs is 11. The van der Waals surface area contributed by atoms with Gasteiger partial charge in [-0.15, -0.1) is 0 Å². The van der Waals surface area contributed by atoms with Gasteiger partial charge in [-0.2, -0.15) is 0 Å². The molecule has 6 unspecified atom stereocenters. The number of aryl methyl sites for hydroxylation is 3. The van der Waals surface area contributed by atoms with E-state index in [1.165, 1.54) is 39.0 Å². The third kappa shape index (κ3) is 20.5. The lowest BCUT2D eigenvalue weighted by atomic mass is 9.64. The number of methoxy groups -OCH3 is 3. The van der Waals surface area contributed by atoms with Crippen LogP contribution < -0.4 is 54.5 Å². The fraction of sp³-hybridized carbons (Fsp3) is 0.439. The molecular formula is C66H86N15O17S2+. The molecule has 0 saturated carbocycles. The van der Waals surface area contributed by atoms with Crippen molar-refractivity contribution in [3.05, 3.63) is 93.6 Å². The first-order chi connectivity index (χ1) is 47.4. The molecule has 0 spiro atoms. The number of aromatic nitrogens is 4. The number of hydrogen-bond donors (Lipinski definition) is 14. The smallest absolute Gasteiger partial charge is 0.338 e. The number of carbonyl (C=O) groups excluding carboxylic acids is 9. The number of guanidine groups is 2. The number of carbonyl (C=O) groups is 11. The fourth-order valence-electron chi connectivity index (χ4n) is 11.6. The fourth-order valence-corrected chi connectivity index (χ4v) is 13.6. The van der Waals surface area contributed by atoms with E-state index >= 15 is 0 Å². The molecule has 5 amide bonds. The normalized spacial score (nSPS) is 15.7. The van der Waals surface area contributed by atoms with Gasteiger partial charge in [0.05, 0.1) is 74.6 Å². The van der Waals surface area contributed by atoms with E-state index in [0.717, 1.165) is 44.2 Å². The van der Waals surface area contributed by atoms with Crippen molar-refractivity contribution in [2.75, 3.05) is 59.1 Å². The molecule has 3 aromatic rings. The Morgan fingerprint density at radius 2 is 1.40 bits per heavy atom. The van der Waals surface area contributed by atoms with E-state index in [4.69, 9.17) is 51.9 Å². The predicted octanol–water partition coefficient (Wildman–Crippen LogP) is 0.382. The van der Waals surface area contributed by atoms with Crippen LogP contribution in [-0.4, -0.2) is 191 Å². The molecule has 34 heteroatoms. The van der Waals surface area contributed by atoms with Crippen LogP contribution in [0.1, 0.15) is 117 Å². The molecule has 2 aliphatic heterocycles. The Hall–Kier alpha value is -10.5.